The van der Waals surface area contributed by atoms with Crippen molar-refractivity contribution in [2.45, 2.75) is 117 Å². The summed E-state index contributed by atoms with van der Waals surface area (Å²) in [5.41, 5.74) is 0. The van der Waals surface area contributed by atoms with Crippen LogP contribution in [0.4, 0.5) is 0 Å². The molecule has 0 fully saturated rings. The minimum Gasteiger partial charge on any atom is -0.544 e. The van der Waals surface area contributed by atoms with Gasteiger partial charge in [-0.15, -0.1) is 0 Å². The standard InChI is InChI=1S/2C16H29NO5.Ca/c2*1-4-5-6-7-8-9-10-17(11-12-18,13(2)15(19)20)14(3)16(21)22;/h2*7-8,13-14,18H,4-6,9-12H2,1-3H3,(H-,19,20,21,22);/q;;+2/b2*8-7+;. The SMILES string of the molecule is CCCC/C=C/CC[N+](CCO)(C(C)C(=O)[O-])C(C)C(=O)O.CCCC/C=C/CC[N+](CCO)(C(C)C(=O)[O-])C(C)C(=O)O.[Ca+2]. The Labute approximate surface area is 299 Å². The third-order valence-electron chi connectivity index (χ3n) is 8.72. The van der Waals surface area contributed by atoms with E-state index in [1.54, 1.807) is 0 Å². The number of aliphatic hydroxyl groups excluding tert-OH is 2. The molecule has 0 bridgehead atoms. The Bertz CT molecular complexity index is 800. The molecule has 0 spiro atoms. The summed E-state index contributed by atoms with van der Waals surface area (Å²) >= 11 is 0. The maximum atomic E-state index is 11.4. The molecule has 0 aromatic rings. The quantitative estimate of drug-likeness (QED) is 0.0492. The Morgan fingerprint density at radius 1 is 0.578 bits per heavy atom. The van der Waals surface area contributed by atoms with Crippen molar-refractivity contribution in [1.29, 1.82) is 0 Å². The summed E-state index contributed by atoms with van der Waals surface area (Å²) in [4.78, 5) is 45.4. The first kappa shape index (κ1) is 47.9. The average molecular weight is 671 g/mol. The number of unbranched alkanes of at least 4 members (excludes halogenated alkanes) is 4. The Hall–Kier alpha value is -1.54. The fourth-order valence-corrected chi connectivity index (χ4v) is 5.42. The molecule has 0 aromatic carbocycles. The van der Waals surface area contributed by atoms with Crippen LogP contribution in [-0.4, -0.2) is 155 Å². The predicted molar refractivity (Wildman–Crippen MR) is 170 cm³/mol. The number of aliphatic carboxylic acids is 4. The van der Waals surface area contributed by atoms with E-state index in [4.69, 9.17) is 0 Å². The Morgan fingerprint density at radius 3 is 1.09 bits per heavy atom. The maximum Gasteiger partial charge on any atom is 2.00 e. The van der Waals surface area contributed by atoms with E-state index in [9.17, 15) is 49.8 Å². The van der Waals surface area contributed by atoms with Crippen LogP contribution >= 0.6 is 0 Å². The molecule has 6 atom stereocenters. The van der Waals surface area contributed by atoms with Gasteiger partial charge in [0, 0.05) is 12.8 Å². The van der Waals surface area contributed by atoms with E-state index >= 15 is 0 Å². The molecule has 12 nitrogen and oxygen atoms in total. The van der Waals surface area contributed by atoms with Crippen molar-refractivity contribution in [3.8, 4) is 0 Å². The van der Waals surface area contributed by atoms with Gasteiger partial charge in [-0.25, -0.2) is 9.59 Å². The summed E-state index contributed by atoms with van der Waals surface area (Å²) in [6.45, 7) is 10.4. The van der Waals surface area contributed by atoms with E-state index in [2.05, 4.69) is 13.8 Å². The molecule has 0 aliphatic carbocycles. The molecule has 13 heteroatoms. The third kappa shape index (κ3) is 16.7. The van der Waals surface area contributed by atoms with Crippen LogP contribution in [0.5, 0.6) is 0 Å². The predicted octanol–water partition coefficient (Wildman–Crippen LogP) is 0.706. The first-order valence-corrected chi connectivity index (χ1v) is 15.8. The molecule has 0 aliphatic rings. The topological polar surface area (TPSA) is 195 Å². The van der Waals surface area contributed by atoms with Crippen LogP contribution in [0, 0.1) is 0 Å². The van der Waals surface area contributed by atoms with E-state index in [0.717, 1.165) is 38.5 Å². The van der Waals surface area contributed by atoms with Crippen molar-refractivity contribution in [1.82, 2.24) is 0 Å². The molecule has 0 aliphatic heterocycles. The van der Waals surface area contributed by atoms with Crippen molar-refractivity contribution in [2.75, 3.05) is 39.4 Å². The third-order valence-corrected chi connectivity index (χ3v) is 8.72. The number of carbonyl (C=O) groups is 4. The second-order valence-electron chi connectivity index (χ2n) is 11.4. The van der Waals surface area contributed by atoms with Gasteiger partial charge < -0.3 is 49.2 Å². The van der Waals surface area contributed by atoms with Gasteiger partial charge in [-0.3, -0.25) is 0 Å². The minimum absolute atomic E-state index is 0. The molecule has 0 aromatic heterocycles. The molecular formula is C32H58CaN2O10+2. The number of nitrogens with zero attached hydrogens (tertiary/aromatic N) is 2. The first-order valence-electron chi connectivity index (χ1n) is 15.8. The summed E-state index contributed by atoms with van der Waals surface area (Å²) in [5, 5.41) is 59.8. The van der Waals surface area contributed by atoms with E-state index in [0.29, 0.717) is 25.9 Å². The fourth-order valence-electron chi connectivity index (χ4n) is 5.42. The van der Waals surface area contributed by atoms with E-state index in [1.807, 2.05) is 24.3 Å². The molecule has 0 saturated carbocycles. The van der Waals surface area contributed by atoms with Crippen LogP contribution in [-0.2, 0) is 19.2 Å². The van der Waals surface area contributed by atoms with Crippen LogP contribution in [0.25, 0.3) is 0 Å². The van der Waals surface area contributed by atoms with Gasteiger partial charge in [-0.2, -0.15) is 0 Å². The van der Waals surface area contributed by atoms with Gasteiger partial charge in [0.1, 0.15) is 25.2 Å². The number of aliphatic hydroxyl groups is 2. The van der Waals surface area contributed by atoms with Gasteiger partial charge in [0.15, 0.2) is 12.1 Å². The van der Waals surface area contributed by atoms with Gasteiger partial charge in [-0.05, 0) is 40.5 Å². The van der Waals surface area contributed by atoms with Crippen LogP contribution < -0.4 is 10.2 Å². The van der Waals surface area contributed by atoms with Gasteiger partial charge in [0.2, 0.25) is 0 Å². The van der Waals surface area contributed by atoms with Gasteiger partial charge >= 0.3 is 49.7 Å². The number of carboxylic acids is 4. The minimum atomic E-state index is -1.29. The summed E-state index contributed by atoms with van der Waals surface area (Å²) in [7, 11) is 0. The van der Waals surface area contributed by atoms with Crippen molar-refractivity contribution >= 4 is 61.6 Å². The molecule has 6 unspecified atom stereocenters. The summed E-state index contributed by atoms with van der Waals surface area (Å²) in [6.07, 6.45) is 15.4. The Balaban J connectivity index is -0.000000767. The molecule has 0 radical (unpaired) electrons. The largest absolute Gasteiger partial charge is 2.00 e. The molecule has 0 amide bonds. The molecule has 0 rings (SSSR count). The van der Waals surface area contributed by atoms with Gasteiger partial charge in [0.05, 0.1) is 38.2 Å². The summed E-state index contributed by atoms with van der Waals surface area (Å²) < 4.78 is -0.432. The fraction of sp³-hybridized carbons (Fsp3) is 0.750. The second kappa shape index (κ2) is 26.5. The van der Waals surface area contributed by atoms with E-state index < -0.39 is 48.0 Å². The number of rotatable bonds is 24. The molecule has 0 saturated heterocycles. The number of hydrogen-bond donors (Lipinski definition) is 4. The van der Waals surface area contributed by atoms with E-state index in [1.165, 1.54) is 27.7 Å². The van der Waals surface area contributed by atoms with Crippen molar-refractivity contribution in [3.05, 3.63) is 24.3 Å². The van der Waals surface area contributed by atoms with Crippen molar-refractivity contribution in [3.63, 3.8) is 0 Å². The number of allylic oxidation sites excluding steroid dienone is 2. The monoisotopic (exact) mass is 670 g/mol. The number of hydrogen-bond acceptors (Lipinski definition) is 8. The Kier molecular flexibility index (Phi) is 28.2. The zero-order valence-corrected chi connectivity index (χ0v) is 30.6. The molecule has 256 valence electrons. The molecule has 4 N–H and O–H groups in total. The number of quaternary nitrogens is 2. The molecular weight excluding hydrogens is 612 g/mol. The number of carbonyl (C=O) groups excluding carboxylic acids is 2. The smallest absolute Gasteiger partial charge is 0.544 e. The van der Waals surface area contributed by atoms with Crippen molar-refractivity contribution < 1.29 is 58.8 Å². The molecule has 45 heavy (non-hydrogen) atoms. The first-order chi connectivity index (χ1) is 20.7. The van der Waals surface area contributed by atoms with Crippen molar-refractivity contribution in [2.24, 2.45) is 0 Å². The second-order valence-corrected chi connectivity index (χ2v) is 11.4. The Morgan fingerprint density at radius 2 is 0.867 bits per heavy atom. The average Bonchev–Trinajstić information content (AvgIpc) is 2.98. The zero-order valence-electron chi connectivity index (χ0n) is 28.4. The van der Waals surface area contributed by atoms with Gasteiger partial charge in [-0.1, -0.05) is 63.8 Å². The van der Waals surface area contributed by atoms with Crippen LogP contribution in [0.1, 0.15) is 92.9 Å². The zero-order chi connectivity index (χ0) is 34.3. The molecule has 0 heterocycles. The maximum absolute atomic E-state index is 11.4. The number of carboxylic acid groups (broad SMARTS) is 4. The van der Waals surface area contributed by atoms with Crippen LogP contribution in [0.15, 0.2) is 24.3 Å². The normalized spacial score (nSPS) is 16.7. The van der Waals surface area contributed by atoms with Crippen LogP contribution in [0.3, 0.4) is 0 Å². The van der Waals surface area contributed by atoms with Crippen LogP contribution in [0.2, 0.25) is 0 Å². The summed E-state index contributed by atoms with van der Waals surface area (Å²) in [6, 6.07) is -3.85. The van der Waals surface area contributed by atoms with Gasteiger partial charge in [0.25, 0.3) is 0 Å². The summed E-state index contributed by atoms with van der Waals surface area (Å²) in [5.74, 6) is -4.74. The van der Waals surface area contributed by atoms with E-state index in [-0.39, 0.29) is 73.0 Å².